The van der Waals surface area contributed by atoms with Gasteiger partial charge >= 0.3 is 6.03 Å². The third kappa shape index (κ3) is 7.07. The Labute approximate surface area is 183 Å². The van der Waals surface area contributed by atoms with Gasteiger partial charge in [-0.1, -0.05) is 6.07 Å². The summed E-state index contributed by atoms with van der Waals surface area (Å²) in [7, 11) is 0. The Morgan fingerprint density at radius 1 is 1.13 bits per heavy atom. The molecule has 2 aromatic rings. The molecule has 8 nitrogen and oxygen atoms in total. The van der Waals surface area contributed by atoms with Crippen LogP contribution in [0.4, 0.5) is 10.5 Å². The molecule has 30 heavy (non-hydrogen) atoms. The standard InChI is InChI=1S/C21H25BrN4O4/c1-4-29-19-11-15(7-8-24-26-21(23)28)5-6-18(19)30-12-20(27)25-17-10-14(3)13(2)9-16(17)22/h5-6,8-11H,4,7,12H2,1-3H3,(H,25,27)(H3,23,26,28). The van der Waals surface area contributed by atoms with E-state index in [1.807, 2.05) is 39.0 Å². The van der Waals surface area contributed by atoms with Crippen molar-refractivity contribution < 1.29 is 19.1 Å². The fraction of sp³-hybridized carbons (Fsp3) is 0.286. The first kappa shape index (κ1) is 23.2. The summed E-state index contributed by atoms with van der Waals surface area (Å²) in [6, 6.07) is 8.50. The van der Waals surface area contributed by atoms with E-state index in [1.165, 1.54) is 6.21 Å². The molecule has 9 heteroatoms. The molecule has 0 heterocycles. The molecule has 2 aromatic carbocycles. The van der Waals surface area contributed by atoms with Gasteiger partial charge < -0.3 is 20.5 Å². The first-order valence-electron chi connectivity index (χ1n) is 9.32. The average molecular weight is 477 g/mol. The number of hydrogen-bond acceptors (Lipinski definition) is 5. The highest BCUT2D eigenvalue weighted by atomic mass is 79.9. The summed E-state index contributed by atoms with van der Waals surface area (Å²) in [4.78, 5) is 23.0. The lowest BCUT2D eigenvalue weighted by Crippen LogP contribution is -2.24. The molecule has 0 aliphatic rings. The van der Waals surface area contributed by atoms with Crippen LogP contribution in [0.1, 0.15) is 23.6 Å². The highest BCUT2D eigenvalue weighted by Gasteiger charge is 2.11. The fourth-order valence-electron chi connectivity index (χ4n) is 2.53. The van der Waals surface area contributed by atoms with Gasteiger partial charge in [-0.2, -0.15) is 5.10 Å². The van der Waals surface area contributed by atoms with Crippen molar-refractivity contribution >= 4 is 39.8 Å². The van der Waals surface area contributed by atoms with Crippen LogP contribution in [-0.4, -0.2) is 31.4 Å². The highest BCUT2D eigenvalue weighted by molar-refractivity contribution is 9.10. The molecule has 0 aliphatic heterocycles. The van der Waals surface area contributed by atoms with Crippen LogP contribution in [-0.2, 0) is 11.2 Å². The molecule has 0 saturated carbocycles. The van der Waals surface area contributed by atoms with Gasteiger partial charge in [0.15, 0.2) is 18.1 Å². The van der Waals surface area contributed by atoms with Gasteiger partial charge in [0, 0.05) is 17.1 Å². The number of primary amides is 1. The van der Waals surface area contributed by atoms with E-state index in [0.29, 0.717) is 30.2 Å². The van der Waals surface area contributed by atoms with Gasteiger partial charge in [-0.25, -0.2) is 10.2 Å². The van der Waals surface area contributed by atoms with Crippen molar-refractivity contribution in [2.45, 2.75) is 27.2 Å². The maximum atomic E-state index is 12.3. The molecule has 2 rings (SSSR count). The van der Waals surface area contributed by atoms with Gasteiger partial charge in [0.25, 0.3) is 5.91 Å². The molecule has 0 aliphatic carbocycles. The van der Waals surface area contributed by atoms with Crippen LogP contribution in [0.3, 0.4) is 0 Å². The monoisotopic (exact) mass is 476 g/mol. The van der Waals surface area contributed by atoms with Crippen LogP contribution >= 0.6 is 15.9 Å². The fourth-order valence-corrected chi connectivity index (χ4v) is 3.09. The Kier molecular flexibility index (Phi) is 8.67. The van der Waals surface area contributed by atoms with Gasteiger partial charge in [0.05, 0.1) is 12.3 Å². The number of anilines is 1. The minimum Gasteiger partial charge on any atom is -0.490 e. The van der Waals surface area contributed by atoms with Gasteiger partial charge in [-0.3, -0.25) is 4.79 Å². The average Bonchev–Trinajstić information content (AvgIpc) is 2.69. The number of carbonyl (C=O) groups excluding carboxylic acids is 2. The molecule has 0 radical (unpaired) electrons. The molecule has 160 valence electrons. The van der Waals surface area contributed by atoms with Crippen LogP contribution in [0.15, 0.2) is 39.9 Å². The second kappa shape index (κ2) is 11.2. The topological polar surface area (TPSA) is 115 Å². The van der Waals surface area contributed by atoms with Crippen molar-refractivity contribution in [3.63, 3.8) is 0 Å². The molecule has 0 saturated heterocycles. The number of rotatable bonds is 9. The summed E-state index contributed by atoms with van der Waals surface area (Å²) < 4.78 is 12.1. The van der Waals surface area contributed by atoms with E-state index < -0.39 is 6.03 Å². The number of aryl methyl sites for hydroxylation is 2. The maximum absolute atomic E-state index is 12.3. The van der Waals surface area contributed by atoms with E-state index >= 15 is 0 Å². The largest absolute Gasteiger partial charge is 0.490 e. The minimum absolute atomic E-state index is 0.164. The molecule has 4 N–H and O–H groups in total. The highest BCUT2D eigenvalue weighted by Crippen LogP contribution is 2.29. The first-order valence-corrected chi connectivity index (χ1v) is 10.1. The minimum atomic E-state index is -0.726. The van der Waals surface area contributed by atoms with Gasteiger partial charge in [-0.15, -0.1) is 0 Å². The molecular formula is C21H25BrN4O4. The second-order valence-electron chi connectivity index (χ2n) is 6.46. The van der Waals surface area contributed by atoms with Crippen molar-refractivity contribution in [3.8, 4) is 11.5 Å². The number of nitrogens with zero attached hydrogens (tertiary/aromatic N) is 1. The number of nitrogens with one attached hydrogen (secondary N) is 2. The molecule has 0 spiro atoms. The zero-order valence-electron chi connectivity index (χ0n) is 17.1. The lowest BCUT2D eigenvalue weighted by Gasteiger charge is -2.14. The van der Waals surface area contributed by atoms with E-state index in [9.17, 15) is 9.59 Å². The predicted molar refractivity (Wildman–Crippen MR) is 120 cm³/mol. The van der Waals surface area contributed by atoms with Crippen molar-refractivity contribution in [3.05, 3.63) is 51.5 Å². The normalized spacial score (nSPS) is 10.7. The third-order valence-corrected chi connectivity index (χ3v) is 4.77. The van der Waals surface area contributed by atoms with Crippen LogP contribution in [0, 0.1) is 13.8 Å². The summed E-state index contributed by atoms with van der Waals surface area (Å²) in [5.41, 5.74) is 10.9. The SMILES string of the molecule is CCOc1cc(CC=NNC(N)=O)ccc1OCC(=O)Nc1cc(C)c(C)cc1Br. The maximum Gasteiger partial charge on any atom is 0.332 e. The van der Waals surface area contributed by atoms with Crippen LogP contribution < -0.4 is 25.9 Å². The predicted octanol–water partition coefficient (Wildman–Crippen LogP) is 3.68. The zero-order valence-corrected chi connectivity index (χ0v) is 18.7. The Morgan fingerprint density at radius 3 is 2.57 bits per heavy atom. The number of ether oxygens (including phenoxy) is 2. The van der Waals surface area contributed by atoms with E-state index in [2.05, 4.69) is 31.8 Å². The number of halogens is 1. The Bertz CT molecular complexity index is 947. The van der Waals surface area contributed by atoms with Gasteiger partial charge in [0.2, 0.25) is 0 Å². The molecule has 0 bridgehead atoms. The van der Waals surface area contributed by atoms with Crippen LogP contribution in [0.2, 0.25) is 0 Å². The van der Waals surface area contributed by atoms with E-state index in [-0.39, 0.29) is 12.5 Å². The summed E-state index contributed by atoms with van der Waals surface area (Å²) >= 11 is 3.46. The number of urea groups is 1. The number of amides is 3. The van der Waals surface area contributed by atoms with Crippen molar-refractivity contribution in [2.24, 2.45) is 10.8 Å². The summed E-state index contributed by atoms with van der Waals surface area (Å²) in [5, 5.41) is 6.54. The lowest BCUT2D eigenvalue weighted by atomic mass is 10.1. The Balaban J connectivity index is 2.01. The summed E-state index contributed by atoms with van der Waals surface area (Å²) in [6.45, 7) is 6.13. The first-order chi connectivity index (χ1) is 14.3. The smallest absolute Gasteiger partial charge is 0.332 e. The van der Waals surface area contributed by atoms with Crippen LogP contribution in [0.5, 0.6) is 11.5 Å². The van der Waals surface area contributed by atoms with Gasteiger partial charge in [-0.05, 0) is 77.7 Å². The van der Waals surface area contributed by atoms with Crippen molar-refractivity contribution in [1.82, 2.24) is 5.43 Å². The quantitative estimate of drug-likeness (QED) is 0.378. The number of hydrazone groups is 1. The van der Waals surface area contributed by atoms with E-state index in [0.717, 1.165) is 21.2 Å². The molecule has 0 unspecified atom stereocenters. The zero-order chi connectivity index (χ0) is 22.1. The third-order valence-electron chi connectivity index (χ3n) is 4.12. The van der Waals surface area contributed by atoms with Crippen molar-refractivity contribution in [2.75, 3.05) is 18.5 Å². The van der Waals surface area contributed by atoms with E-state index in [4.69, 9.17) is 15.2 Å². The van der Waals surface area contributed by atoms with E-state index in [1.54, 1.807) is 12.1 Å². The van der Waals surface area contributed by atoms with Gasteiger partial charge in [0.1, 0.15) is 0 Å². The Morgan fingerprint density at radius 2 is 1.87 bits per heavy atom. The molecular weight excluding hydrogens is 452 g/mol. The molecule has 0 atom stereocenters. The Hall–Kier alpha value is -3.07. The second-order valence-corrected chi connectivity index (χ2v) is 7.31. The number of nitrogens with two attached hydrogens (primary N) is 1. The number of carbonyl (C=O) groups is 2. The summed E-state index contributed by atoms with van der Waals surface area (Å²) in [6.07, 6.45) is 1.98. The lowest BCUT2D eigenvalue weighted by molar-refractivity contribution is -0.118. The van der Waals surface area contributed by atoms with Crippen LogP contribution in [0.25, 0.3) is 0 Å². The molecule has 0 fully saturated rings. The van der Waals surface area contributed by atoms with Crippen molar-refractivity contribution in [1.29, 1.82) is 0 Å². The molecule has 0 aromatic heterocycles. The summed E-state index contributed by atoms with van der Waals surface area (Å²) in [5.74, 6) is 0.698. The molecule has 3 amide bonds. The number of benzene rings is 2. The number of hydrogen-bond donors (Lipinski definition) is 3.